The van der Waals surface area contributed by atoms with Crippen LogP contribution in [0.15, 0.2) is 72.8 Å². The van der Waals surface area contributed by atoms with Gasteiger partial charge < -0.3 is 28.2 Å². The van der Waals surface area contributed by atoms with Gasteiger partial charge in [-0.2, -0.15) is 0 Å². The molecule has 5 N–H and O–H groups in total. The summed E-state index contributed by atoms with van der Waals surface area (Å²) in [7, 11) is 0. The van der Waals surface area contributed by atoms with Crippen LogP contribution in [-0.2, 0) is 17.7 Å². The largest absolute Gasteiger partial charge is 1.00 e. The summed E-state index contributed by atoms with van der Waals surface area (Å²) in [5, 5.41) is 5.91. The van der Waals surface area contributed by atoms with E-state index in [1.807, 2.05) is 66.7 Å². The van der Waals surface area contributed by atoms with Crippen molar-refractivity contribution >= 4 is 23.4 Å². The van der Waals surface area contributed by atoms with Crippen LogP contribution in [-0.4, -0.2) is 12.7 Å². The van der Waals surface area contributed by atoms with E-state index >= 15 is 0 Å². The minimum atomic E-state index is -0.531. The maximum atomic E-state index is 11.9. The normalized spacial score (nSPS) is 9.86. The lowest BCUT2D eigenvalue weighted by molar-refractivity contribution is -0.342. The molecule has 0 fully saturated rings. The molecule has 0 atom stereocenters. The fourth-order valence-electron chi connectivity index (χ4n) is 2.57. The van der Waals surface area contributed by atoms with E-state index in [0.717, 1.165) is 16.9 Å². The molecular formula is C21H23ClN4O2. The third-order valence-electron chi connectivity index (χ3n) is 4.01. The topological polar surface area (TPSA) is 90.5 Å². The second-order valence-electron chi connectivity index (χ2n) is 6.04. The molecule has 0 radical (unpaired) electrons. The zero-order valence-electron chi connectivity index (χ0n) is 15.3. The molecular weight excluding hydrogens is 376 g/mol. The minimum Gasteiger partial charge on any atom is -1.00 e. The smallest absolute Gasteiger partial charge is 0.411 e. The molecule has 0 saturated heterocycles. The van der Waals surface area contributed by atoms with Crippen molar-refractivity contribution in [3.8, 4) is 0 Å². The summed E-state index contributed by atoms with van der Waals surface area (Å²) < 4.78 is 5.21. The van der Waals surface area contributed by atoms with Gasteiger partial charge in [0.2, 0.25) is 11.6 Å². The lowest BCUT2D eigenvalue weighted by atomic mass is 10.2. The average Bonchev–Trinajstić information content (AvgIpc) is 2.70. The van der Waals surface area contributed by atoms with E-state index in [1.165, 1.54) is 0 Å². The highest BCUT2D eigenvalue weighted by atomic mass is 35.5. The summed E-state index contributed by atoms with van der Waals surface area (Å²) >= 11 is 0. The van der Waals surface area contributed by atoms with Crippen LogP contribution in [0.1, 0.15) is 11.1 Å². The van der Waals surface area contributed by atoms with Crippen LogP contribution in [0.2, 0.25) is 0 Å². The van der Waals surface area contributed by atoms with Gasteiger partial charge in [0.25, 0.3) is 0 Å². The first-order chi connectivity index (χ1) is 13.2. The van der Waals surface area contributed by atoms with Crippen molar-refractivity contribution < 1.29 is 26.9 Å². The Kier molecular flexibility index (Phi) is 8.11. The van der Waals surface area contributed by atoms with Gasteiger partial charge in [0, 0.05) is 12.5 Å². The minimum absolute atomic E-state index is 0. The number of H-pyrrole nitrogens is 1. The third kappa shape index (κ3) is 6.48. The van der Waals surface area contributed by atoms with Crippen molar-refractivity contribution in [2.75, 3.05) is 23.0 Å². The van der Waals surface area contributed by atoms with Crippen LogP contribution < -0.4 is 33.8 Å². The molecule has 0 aliphatic carbocycles. The number of rotatable bonds is 7. The first kappa shape index (κ1) is 21.1. The van der Waals surface area contributed by atoms with Crippen LogP contribution in [0.5, 0.6) is 0 Å². The lowest BCUT2D eigenvalue weighted by Gasteiger charge is -2.08. The number of carbonyl (C=O) groups is 1. The van der Waals surface area contributed by atoms with E-state index in [-0.39, 0.29) is 12.4 Å². The Morgan fingerprint density at radius 2 is 1.57 bits per heavy atom. The van der Waals surface area contributed by atoms with E-state index in [9.17, 15) is 4.79 Å². The Morgan fingerprint density at radius 3 is 2.21 bits per heavy atom. The van der Waals surface area contributed by atoms with Gasteiger partial charge in [-0.3, -0.25) is 5.32 Å². The van der Waals surface area contributed by atoms with E-state index in [0.29, 0.717) is 31.1 Å². The van der Waals surface area contributed by atoms with Crippen molar-refractivity contribution in [1.82, 2.24) is 0 Å². The Morgan fingerprint density at radius 1 is 0.929 bits per heavy atom. The molecule has 6 nitrogen and oxygen atoms in total. The monoisotopic (exact) mass is 398 g/mol. The fourth-order valence-corrected chi connectivity index (χ4v) is 2.57. The molecule has 1 aromatic heterocycles. The molecule has 1 heterocycles. The number of nitrogens with one attached hydrogen (secondary N) is 3. The number of ether oxygens (including phenoxy) is 1. The zero-order chi connectivity index (χ0) is 18.9. The van der Waals surface area contributed by atoms with Crippen molar-refractivity contribution in [1.29, 1.82) is 0 Å². The lowest BCUT2D eigenvalue weighted by Crippen LogP contribution is -3.00. The SMILES string of the molecule is Nc1[nH+]c(NCc2ccccc2)ccc1NC(=O)OCCc1ccccc1.[Cl-]. The number of nitrogen functional groups attached to an aromatic ring is 1. The quantitative estimate of drug-likeness (QED) is 0.540. The summed E-state index contributed by atoms with van der Waals surface area (Å²) in [6.45, 7) is 0.973. The molecule has 3 rings (SSSR count). The molecule has 0 aliphatic heterocycles. The highest BCUT2D eigenvalue weighted by Crippen LogP contribution is 2.15. The number of anilines is 3. The van der Waals surface area contributed by atoms with Crippen molar-refractivity contribution in [2.45, 2.75) is 13.0 Å². The Labute approximate surface area is 170 Å². The highest BCUT2D eigenvalue weighted by Gasteiger charge is 2.11. The molecule has 0 spiro atoms. The van der Waals surface area contributed by atoms with Gasteiger partial charge in [0.1, 0.15) is 5.69 Å². The molecule has 0 unspecified atom stereocenters. The number of halogens is 1. The third-order valence-corrected chi connectivity index (χ3v) is 4.01. The van der Waals surface area contributed by atoms with Gasteiger partial charge in [-0.15, -0.1) is 0 Å². The number of hydrogen-bond donors (Lipinski definition) is 3. The molecule has 146 valence electrons. The Bertz CT molecular complexity index is 876. The zero-order valence-corrected chi connectivity index (χ0v) is 16.1. The molecule has 28 heavy (non-hydrogen) atoms. The van der Waals surface area contributed by atoms with Crippen LogP contribution in [0.3, 0.4) is 0 Å². The number of aromatic amines is 1. The van der Waals surface area contributed by atoms with Crippen molar-refractivity contribution in [3.05, 3.63) is 83.9 Å². The van der Waals surface area contributed by atoms with E-state index in [2.05, 4.69) is 15.6 Å². The molecule has 3 aromatic rings. The first-order valence-electron chi connectivity index (χ1n) is 8.78. The summed E-state index contributed by atoms with van der Waals surface area (Å²) in [6.07, 6.45) is 0.133. The van der Waals surface area contributed by atoms with Crippen molar-refractivity contribution in [3.63, 3.8) is 0 Å². The van der Waals surface area contributed by atoms with Crippen molar-refractivity contribution in [2.24, 2.45) is 0 Å². The number of benzene rings is 2. The first-order valence-corrected chi connectivity index (χ1v) is 8.78. The van der Waals surface area contributed by atoms with E-state index in [4.69, 9.17) is 10.5 Å². The van der Waals surface area contributed by atoms with Gasteiger partial charge >= 0.3 is 6.09 Å². The molecule has 7 heteroatoms. The number of aromatic nitrogens is 1. The van der Waals surface area contributed by atoms with Crippen LogP contribution in [0, 0.1) is 0 Å². The average molecular weight is 399 g/mol. The molecule has 0 bridgehead atoms. The van der Waals surface area contributed by atoms with Gasteiger partial charge in [-0.25, -0.2) is 9.78 Å². The van der Waals surface area contributed by atoms with E-state index < -0.39 is 6.09 Å². The number of hydrogen-bond acceptors (Lipinski definition) is 4. The Hall–Kier alpha value is -3.25. The summed E-state index contributed by atoms with van der Waals surface area (Å²) in [6, 6.07) is 23.5. The number of amides is 1. The number of nitrogens with two attached hydrogens (primary N) is 1. The van der Waals surface area contributed by atoms with Crippen LogP contribution in [0.4, 0.5) is 22.1 Å². The van der Waals surface area contributed by atoms with Gasteiger partial charge in [-0.1, -0.05) is 60.7 Å². The fraction of sp³-hybridized carbons (Fsp3) is 0.143. The summed E-state index contributed by atoms with van der Waals surface area (Å²) in [5.41, 5.74) is 8.75. The Balaban J connectivity index is 0.00000280. The van der Waals surface area contributed by atoms with Crippen LogP contribution in [0.25, 0.3) is 0 Å². The summed E-state index contributed by atoms with van der Waals surface area (Å²) in [5.74, 6) is 1.12. The number of carbonyl (C=O) groups excluding carboxylic acids is 1. The maximum absolute atomic E-state index is 11.9. The summed E-state index contributed by atoms with van der Waals surface area (Å²) in [4.78, 5) is 15.0. The standard InChI is InChI=1S/C21H22N4O2.ClH/c22-20-18(24-21(26)27-14-13-16-7-3-1-4-8-16)11-12-19(25-20)23-15-17-9-5-2-6-10-17;/h1-12H,13-15H2,(H,24,26)(H3,22,23,25);1H. The van der Waals surface area contributed by atoms with Gasteiger partial charge in [0.15, 0.2) is 0 Å². The predicted molar refractivity (Wildman–Crippen MR) is 106 cm³/mol. The van der Waals surface area contributed by atoms with E-state index in [1.54, 1.807) is 6.07 Å². The maximum Gasteiger partial charge on any atom is 0.411 e. The molecule has 0 saturated carbocycles. The second-order valence-corrected chi connectivity index (χ2v) is 6.04. The second kappa shape index (κ2) is 10.8. The predicted octanol–water partition coefficient (Wildman–Crippen LogP) is 0.490. The molecule has 2 aromatic carbocycles. The highest BCUT2D eigenvalue weighted by molar-refractivity contribution is 5.87. The number of pyridine rings is 1. The molecule has 0 aliphatic rings. The van der Waals surface area contributed by atoms with Gasteiger partial charge in [-0.05, 0) is 17.2 Å². The van der Waals surface area contributed by atoms with Gasteiger partial charge in [0.05, 0.1) is 13.2 Å². The van der Waals surface area contributed by atoms with Crippen LogP contribution >= 0.6 is 0 Å². The molecule has 1 amide bonds.